The Labute approximate surface area is 140 Å². The number of ketones is 1. The van der Waals surface area contributed by atoms with Crippen LogP contribution in [0.4, 0.5) is 5.69 Å². The van der Waals surface area contributed by atoms with Crippen LogP contribution in [0.15, 0.2) is 51.9 Å². The van der Waals surface area contributed by atoms with Gasteiger partial charge in [-0.05, 0) is 30.3 Å². The van der Waals surface area contributed by atoms with Gasteiger partial charge in [-0.25, -0.2) is 0 Å². The number of nitrogens with one attached hydrogen (secondary N) is 2. The van der Waals surface area contributed by atoms with Gasteiger partial charge >= 0.3 is 0 Å². The van der Waals surface area contributed by atoms with E-state index >= 15 is 0 Å². The first-order valence-corrected chi connectivity index (χ1v) is 7.56. The molecule has 3 heterocycles. The Balaban J connectivity index is 2.07. The van der Waals surface area contributed by atoms with Gasteiger partial charge in [0.05, 0.1) is 22.5 Å². The van der Waals surface area contributed by atoms with Crippen molar-refractivity contribution >= 4 is 29.0 Å². The summed E-state index contributed by atoms with van der Waals surface area (Å²) in [4.78, 5) is 39.2. The normalized spacial score (nSPS) is 17.2. The predicted octanol–water partition coefficient (Wildman–Crippen LogP) is 0.135. The van der Waals surface area contributed by atoms with Crippen molar-refractivity contribution in [1.82, 2.24) is 10.2 Å². The summed E-state index contributed by atoms with van der Waals surface area (Å²) >= 11 is 0. The molecule has 25 heavy (non-hydrogen) atoms. The fraction of sp³-hybridized carbons (Fsp3) is 0.0556. The van der Waals surface area contributed by atoms with E-state index in [1.54, 1.807) is 43.4 Å². The number of carbonyl (C=O) groups is 2. The molecule has 0 saturated heterocycles. The van der Waals surface area contributed by atoms with Crippen LogP contribution in [0.5, 0.6) is 0 Å². The van der Waals surface area contributed by atoms with Crippen LogP contribution in [0, 0.1) is 0 Å². The third kappa shape index (κ3) is 2.25. The lowest BCUT2D eigenvalue weighted by Crippen LogP contribution is -2.44. The number of furan rings is 1. The average Bonchev–Trinajstić information content (AvgIpc) is 3.25. The molecule has 0 saturated carbocycles. The summed E-state index contributed by atoms with van der Waals surface area (Å²) in [5, 5.41) is 5.40. The first-order chi connectivity index (χ1) is 12.1. The Kier molecular flexibility index (Phi) is 3.28. The number of amides is 1. The quantitative estimate of drug-likeness (QED) is 0.660. The number of rotatable bonds is 1. The summed E-state index contributed by atoms with van der Waals surface area (Å²) in [5.74, 6) is -0.465. The van der Waals surface area contributed by atoms with Gasteiger partial charge < -0.3 is 9.32 Å². The highest BCUT2D eigenvalue weighted by atomic mass is 16.3. The van der Waals surface area contributed by atoms with Crippen LogP contribution in [0.25, 0.3) is 11.6 Å². The number of H-pyrrole nitrogens is 2. The van der Waals surface area contributed by atoms with Gasteiger partial charge in [-0.3, -0.25) is 24.6 Å². The molecule has 4 rings (SSSR count). The van der Waals surface area contributed by atoms with Crippen molar-refractivity contribution in [3.8, 4) is 0 Å². The molecule has 1 aromatic carbocycles. The van der Waals surface area contributed by atoms with Crippen molar-refractivity contribution in [2.45, 2.75) is 0 Å². The van der Waals surface area contributed by atoms with E-state index in [0.717, 1.165) is 0 Å². The maximum absolute atomic E-state index is 12.9. The zero-order valence-electron chi connectivity index (χ0n) is 13.2. The molecule has 2 N–H and O–H groups in total. The van der Waals surface area contributed by atoms with E-state index in [-0.39, 0.29) is 16.1 Å². The van der Waals surface area contributed by atoms with Gasteiger partial charge in [-0.1, -0.05) is 12.1 Å². The second-order valence-electron chi connectivity index (χ2n) is 5.61. The van der Waals surface area contributed by atoms with E-state index in [1.807, 2.05) is 0 Å². The Hall–Kier alpha value is -3.61. The molecule has 0 unspecified atom stereocenters. The summed E-state index contributed by atoms with van der Waals surface area (Å²) < 4.78 is 5.22. The van der Waals surface area contributed by atoms with Gasteiger partial charge in [-0.2, -0.15) is 0 Å². The molecule has 1 aliphatic heterocycles. The molecule has 3 aromatic rings. The highest BCUT2D eigenvalue weighted by molar-refractivity contribution is 6.51. The van der Waals surface area contributed by atoms with Crippen molar-refractivity contribution in [3.63, 3.8) is 0 Å². The molecule has 0 aliphatic carbocycles. The van der Waals surface area contributed by atoms with Crippen LogP contribution in [0.1, 0.15) is 16.1 Å². The fourth-order valence-corrected chi connectivity index (χ4v) is 2.91. The minimum absolute atomic E-state index is 0.0858. The Morgan fingerprint density at radius 2 is 1.84 bits per heavy atom. The third-order valence-electron chi connectivity index (χ3n) is 4.15. The van der Waals surface area contributed by atoms with E-state index in [4.69, 9.17) is 4.42 Å². The van der Waals surface area contributed by atoms with Crippen LogP contribution >= 0.6 is 0 Å². The lowest BCUT2D eigenvalue weighted by atomic mass is 9.95. The van der Waals surface area contributed by atoms with Crippen LogP contribution < -0.4 is 21.0 Å². The predicted molar refractivity (Wildman–Crippen MR) is 90.5 cm³/mol. The summed E-state index contributed by atoms with van der Waals surface area (Å²) in [6, 6.07) is 10.2. The highest BCUT2D eigenvalue weighted by Crippen LogP contribution is 2.28. The zero-order valence-corrected chi connectivity index (χ0v) is 13.2. The number of nitrogens with zero attached hydrogens (tertiary/aromatic N) is 1. The number of hydrogen-bond donors (Lipinski definition) is 2. The molecule has 1 aliphatic rings. The van der Waals surface area contributed by atoms with Crippen LogP contribution in [-0.2, 0) is 4.79 Å². The smallest absolute Gasteiger partial charge is 0.271 e. The SMILES string of the molecule is CN1C(=O)/C(=c2\[nH][nH]c(=O)\c2=C/c2ccco2)C(=O)c2ccccc21. The van der Waals surface area contributed by atoms with Gasteiger partial charge in [-0.15, -0.1) is 0 Å². The molecular formula is C18H13N3O4. The molecule has 0 spiro atoms. The van der Waals surface area contributed by atoms with Gasteiger partial charge in [0.15, 0.2) is 0 Å². The first kappa shape index (κ1) is 14.9. The fourth-order valence-electron chi connectivity index (χ4n) is 2.91. The van der Waals surface area contributed by atoms with Crippen LogP contribution in [-0.4, -0.2) is 28.9 Å². The van der Waals surface area contributed by atoms with Crippen molar-refractivity contribution in [3.05, 3.63) is 74.9 Å². The molecule has 7 heteroatoms. The number of para-hydroxylation sites is 1. The first-order valence-electron chi connectivity index (χ1n) is 7.56. The summed E-state index contributed by atoms with van der Waals surface area (Å²) in [5.41, 5.74) is 0.416. The monoisotopic (exact) mass is 335 g/mol. The van der Waals surface area contributed by atoms with E-state index in [9.17, 15) is 14.4 Å². The molecular weight excluding hydrogens is 322 g/mol. The molecule has 0 fully saturated rings. The highest BCUT2D eigenvalue weighted by Gasteiger charge is 2.33. The molecule has 7 nitrogen and oxygen atoms in total. The third-order valence-corrected chi connectivity index (χ3v) is 4.15. The summed E-state index contributed by atoms with van der Waals surface area (Å²) in [7, 11) is 1.59. The summed E-state index contributed by atoms with van der Waals surface area (Å²) in [6.45, 7) is 0. The number of Topliss-reactive ketones (excluding diaryl/α,β-unsaturated/α-hetero) is 1. The van der Waals surface area contributed by atoms with Crippen LogP contribution in [0.2, 0.25) is 0 Å². The maximum atomic E-state index is 12.9. The van der Waals surface area contributed by atoms with Crippen molar-refractivity contribution < 1.29 is 14.0 Å². The van der Waals surface area contributed by atoms with E-state index in [2.05, 4.69) is 10.2 Å². The van der Waals surface area contributed by atoms with Gasteiger partial charge in [0.2, 0.25) is 5.78 Å². The van der Waals surface area contributed by atoms with Gasteiger partial charge in [0.1, 0.15) is 11.3 Å². The van der Waals surface area contributed by atoms with Crippen LogP contribution in [0.3, 0.4) is 0 Å². The number of fused-ring (bicyclic) bond motifs is 1. The van der Waals surface area contributed by atoms with Crippen molar-refractivity contribution in [2.75, 3.05) is 11.9 Å². The molecule has 1 amide bonds. The number of anilines is 1. The van der Waals surface area contributed by atoms with E-state index < -0.39 is 17.2 Å². The largest absolute Gasteiger partial charge is 0.465 e. The minimum atomic E-state index is -0.479. The van der Waals surface area contributed by atoms with Crippen molar-refractivity contribution in [2.24, 2.45) is 0 Å². The Morgan fingerprint density at radius 1 is 1.04 bits per heavy atom. The maximum Gasteiger partial charge on any atom is 0.271 e. The summed E-state index contributed by atoms with van der Waals surface area (Å²) in [6.07, 6.45) is 2.96. The molecule has 124 valence electrons. The Morgan fingerprint density at radius 3 is 2.60 bits per heavy atom. The second-order valence-corrected chi connectivity index (χ2v) is 5.61. The second kappa shape index (κ2) is 5.48. The van der Waals surface area contributed by atoms with E-state index in [0.29, 0.717) is 17.0 Å². The lowest BCUT2D eigenvalue weighted by Gasteiger charge is -2.25. The molecule has 0 atom stereocenters. The van der Waals surface area contributed by atoms with Gasteiger partial charge in [0, 0.05) is 12.6 Å². The molecule has 0 radical (unpaired) electrons. The molecule has 2 aromatic heterocycles. The Bertz CT molecular complexity index is 1170. The number of aromatic nitrogens is 2. The number of hydrogen-bond acceptors (Lipinski definition) is 4. The molecule has 0 bridgehead atoms. The van der Waals surface area contributed by atoms with Crippen molar-refractivity contribution in [1.29, 1.82) is 0 Å². The topological polar surface area (TPSA) is 99.2 Å². The lowest BCUT2D eigenvalue weighted by molar-refractivity contribution is -0.113. The van der Waals surface area contributed by atoms with Gasteiger partial charge in [0.25, 0.3) is 11.5 Å². The average molecular weight is 335 g/mol. The zero-order chi connectivity index (χ0) is 17.6. The standard InChI is InChI=1S/C18H13N3O4/c1-21-13-7-3-2-6-11(13)16(22)14(18(21)24)15-12(17(23)20-19-15)9-10-5-4-8-25-10/h2-9,19H,1H3,(H,20,23)/b12-9-,15-14-. The number of benzene rings is 1. The number of aromatic amines is 2. The minimum Gasteiger partial charge on any atom is -0.465 e. The number of carbonyl (C=O) groups excluding carboxylic acids is 2. The van der Waals surface area contributed by atoms with E-state index in [1.165, 1.54) is 17.2 Å².